The van der Waals surface area contributed by atoms with Crippen LogP contribution in [-0.4, -0.2) is 51.3 Å². The Morgan fingerprint density at radius 3 is 2.86 bits per heavy atom. The van der Waals surface area contributed by atoms with Crippen molar-refractivity contribution in [2.75, 3.05) is 24.2 Å². The Hall–Kier alpha value is -3.30. The van der Waals surface area contributed by atoms with E-state index in [-0.39, 0.29) is 23.5 Å². The van der Waals surface area contributed by atoms with Crippen LogP contribution in [0, 0.1) is 0 Å². The maximum absolute atomic E-state index is 13.2. The minimum absolute atomic E-state index is 0.00377. The van der Waals surface area contributed by atoms with Gasteiger partial charge in [-0.25, -0.2) is 9.97 Å². The summed E-state index contributed by atoms with van der Waals surface area (Å²) in [5, 5.41) is 6.38. The van der Waals surface area contributed by atoms with Crippen LogP contribution in [0.15, 0.2) is 59.6 Å². The third kappa shape index (κ3) is 5.67. The molecule has 190 valence electrons. The van der Waals surface area contributed by atoms with Crippen molar-refractivity contribution in [2.24, 2.45) is 0 Å². The summed E-state index contributed by atoms with van der Waals surface area (Å²) in [5.74, 6) is 0.839. The molecule has 1 aromatic carbocycles. The predicted octanol–water partition coefficient (Wildman–Crippen LogP) is 5.61. The van der Waals surface area contributed by atoms with Crippen LogP contribution in [0.2, 0.25) is 0 Å². The van der Waals surface area contributed by atoms with Gasteiger partial charge in [-0.05, 0) is 61.6 Å². The van der Waals surface area contributed by atoms with E-state index in [1.165, 1.54) is 23.1 Å². The van der Waals surface area contributed by atoms with Crippen molar-refractivity contribution in [1.29, 1.82) is 0 Å². The van der Waals surface area contributed by atoms with Gasteiger partial charge in [-0.2, -0.15) is 0 Å². The van der Waals surface area contributed by atoms with Crippen molar-refractivity contribution in [3.05, 3.63) is 82.0 Å². The van der Waals surface area contributed by atoms with Crippen LogP contribution in [0.1, 0.15) is 73.4 Å². The zero-order valence-electron chi connectivity index (χ0n) is 20.4. The van der Waals surface area contributed by atoms with Gasteiger partial charge in [0.05, 0.1) is 10.6 Å². The van der Waals surface area contributed by atoms with E-state index in [1.807, 2.05) is 17.0 Å². The largest absolute Gasteiger partial charge is 0.339 e. The predicted molar refractivity (Wildman–Crippen MR) is 147 cm³/mol. The van der Waals surface area contributed by atoms with Gasteiger partial charge in [-0.15, -0.1) is 29.7 Å². The number of Topliss-reactive ketones (excluding diaryl/α,β-unsaturated/α-hetero) is 1. The average molecular weight is 533 g/mol. The molecule has 1 aliphatic carbocycles. The summed E-state index contributed by atoms with van der Waals surface area (Å²) >= 11 is 3.00. The molecule has 0 saturated carbocycles. The number of hydrogen-bond acceptors (Lipinski definition) is 7. The molecule has 37 heavy (non-hydrogen) atoms. The molecule has 5 rings (SSSR count). The number of aromatic nitrogens is 2. The minimum atomic E-state index is -0.252. The number of hydrogen-bond donors (Lipinski definition) is 1. The number of carbonyl (C=O) groups is 3. The lowest BCUT2D eigenvalue weighted by atomic mass is 9.90. The minimum Gasteiger partial charge on any atom is -0.339 e. The number of piperidine rings is 1. The molecule has 0 bridgehead atoms. The first-order chi connectivity index (χ1) is 18.0. The highest BCUT2D eigenvalue weighted by atomic mass is 32.2. The van der Waals surface area contributed by atoms with Crippen LogP contribution in [0.3, 0.4) is 0 Å². The zero-order valence-corrected chi connectivity index (χ0v) is 22.1. The number of anilines is 1. The van der Waals surface area contributed by atoms with Crippen LogP contribution in [0.25, 0.3) is 0 Å². The lowest BCUT2D eigenvalue weighted by molar-refractivity contribution is 0.0708. The first-order valence-corrected chi connectivity index (χ1v) is 14.3. The standard InChI is InChI=1S/C28H28N4O3S2/c1-2-15-36-27-22(6-4-12-29-27)28(35)32-13-10-18(11-14-32)26-31-23(17-37-26)25(34)30-20-8-9-21-19(16-20)5-3-7-24(21)33/h2,4,6,8-9,12,16-18H,1,3,5,7,10-11,13-15H2,(H,30,34). The summed E-state index contributed by atoms with van der Waals surface area (Å²) in [7, 11) is 0. The Kier molecular flexibility index (Phi) is 7.81. The van der Waals surface area contributed by atoms with Crippen molar-refractivity contribution in [2.45, 2.75) is 43.0 Å². The molecule has 9 heteroatoms. The molecule has 1 saturated heterocycles. The normalized spacial score (nSPS) is 15.8. The second-order valence-corrected chi connectivity index (χ2v) is 11.1. The van der Waals surface area contributed by atoms with E-state index >= 15 is 0 Å². The Labute approximate surface area is 224 Å². The lowest BCUT2D eigenvalue weighted by Gasteiger charge is -2.31. The Morgan fingerprint density at radius 2 is 2.05 bits per heavy atom. The number of benzene rings is 1. The third-order valence-corrected chi connectivity index (χ3v) is 8.75. The van der Waals surface area contributed by atoms with Crippen LogP contribution >= 0.6 is 23.1 Å². The number of nitrogens with one attached hydrogen (secondary N) is 1. The second-order valence-electron chi connectivity index (χ2n) is 9.20. The fraction of sp³-hybridized carbons (Fsp3) is 0.321. The number of amides is 2. The van der Waals surface area contributed by atoms with Crippen LogP contribution in [0.4, 0.5) is 5.69 Å². The van der Waals surface area contributed by atoms with E-state index < -0.39 is 0 Å². The Bertz CT molecular complexity index is 1340. The summed E-state index contributed by atoms with van der Waals surface area (Å²) in [6.45, 7) is 5.02. The van der Waals surface area contributed by atoms with Gasteiger partial charge in [-0.1, -0.05) is 6.08 Å². The maximum Gasteiger partial charge on any atom is 0.275 e. The van der Waals surface area contributed by atoms with Crippen molar-refractivity contribution in [1.82, 2.24) is 14.9 Å². The molecule has 2 aromatic heterocycles. The molecule has 2 amide bonds. The smallest absolute Gasteiger partial charge is 0.275 e. The van der Waals surface area contributed by atoms with Crippen LogP contribution < -0.4 is 5.32 Å². The topological polar surface area (TPSA) is 92.3 Å². The summed E-state index contributed by atoms with van der Waals surface area (Å²) in [5.41, 5.74) is 3.47. The molecule has 1 N–H and O–H groups in total. The maximum atomic E-state index is 13.2. The van der Waals surface area contributed by atoms with Gasteiger partial charge < -0.3 is 10.2 Å². The molecule has 1 fully saturated rings. The van der Waals surface area contributed by atoms with Crippen molar-refractivity contribution >= 4 is 46.4 Å². The molecular formula is C28H28N4O3S2. The third-order valence-electron chi connectivity index (χ3n) is 6.74. The Balaban J connectivity index is 1.19. The zero-order chi connectivity index (χ0) is 25.8. The second kappa shape index (κ2) is 11.4. The number of carbonyl (C=O) groups excluding carboxylic acids is 3. The van der Waals surface area contributed by atoms with E-state index in [1.54, 1.807) is 35.9 Å². The molecule has 0 unspecified atom stereocenters. The molecule has 0 spiro atoms. The van der Waals surface area contributed by atoms with Gasteiger partial charge >= 0.3 is 0 Å². The number of likely N-dealkylation sites (tertiary alicyclic amines) is 1. The first-order valence-electron chi connectivity index (χ1n) is 12.4. The van der Waals surface area contributed by atoms with E-state index in [0.29, 0.717) is 42.2 Å². The summed E-state index contributed by atoms with van der Waals surface area (Å²) < 4.78 is 0. The number of pyridine rings is 1. The summed E-state index contributed by atoms with van der Waals surface area (Å²) in [6.07, 6.45) is 7.40. The van der Waals surface area contributed by atoms with Crippen molar-refractivity contribution in [3.8, 4) is 0 Å². The molecule has 3 heterocycles. The highest BCUT2D eigenvalue weighted by molar-refractivity contribution is 7.99. The van der Waals surface area contributed by atoms with Gasteiger partial charge in [-0.3, -0.25) is 14.4 Å². The fourth-order valence-electron chi connectivity index (χ4n) is 4.81. The lowest BCUT2D eigenvalue weighted by Crippen LogP contribution is -2.38. The Morgan fingerprint density at radius 1 is 1.22 bits per heavy atom. The van der Waals surface area contributed by atoms with Gasteiger partial charge in [0.25, 0.3) is 11.8 Å². The quantitative estimate of drug-likeness (QED) is 0.314. The molecule has 0 radical (unpaired) electrons. The van der Waals surface area contributed by atoms with Gasteiger partial charge in [0.1, 0.15) is 10.7 Å². The fourth-order valence-corrected chi connectivity index (χ4v) is 6.50. The van der Waals surface area contributed by atoms with Gasteiger partial charge in [0.2, 0.25) is 0 Å². The van der Waals surface area contributed by atoms with E-state index in [4.69, 9.17) is 0 Å². The molecule has 3 aromatic rings. The van der Waals surface area contributed by atoms with Crippen LogP contribution in [0.5, 0.6) is 0 Å². The highest BCUT2D eigenvalue weighted by Gasteiger charge is 2.28. The molecule has 1 aliphatic heterocycles. The molecule has 2 aliphatic rings. The molecule has 0 atom stereocenters. The number of ketones is 1. The number of nitrogens with zero attached hydrogens (tertiary/aromatic N) is 3. The van der Waals surface area contributed by atoms with E-state index in [0.717, 1.165) is 46.8 Å². The van der Waals surface area contributed by atoms with Crippen molar-refractivity contribution in [3.63, 3.8) is 0 Å². The number of rotatable bonds is 7. The first kappa shape index (κ1) is 25.4. The van der Waals surface area contributed by atoms with Gasteiger partial charge in [0, 0.05) is 54.0 Å². The summed E-state index contributed by atoms with van der Waals surface area (Å²) in [6, 6.07) is 9.11. The van der Waals surface area contributed by atoms with E-state index in [2.05, 4.69) is 21.9 Å². The van der Waals surface area contributed by atoms with Crippen LogP contribution in [-0.2, 0) is 6.42 Å². The van der Waals surface area contributed by atoms with Gasteiger partial charge in [0.15, 0.2) is 5.78 Å². The SMILES string of the molecule is C=CCSc1ncccc1C(=O)N1CCC(c2nc(C(=O)Nc3ccc4c(c3)CCCC4=O)cs2)CC1. The number of thiazole rings is 1. The molecular weight excluding hydrogens is 504 g/mol. The molecule has 7 nitrogen and oxygen atoms in total. The average Bonchev–Trinajstić information content (AvgIpc) is 3.43. The van der Waals surface area contributed by atoms with E-state index in [9.17, 15) is 14.4 Å². The number of thioether (sulfide) groups is 1. The highest BCUT2D eigenvalue weighted by Crippen LogP contribution is 2.32. The summed E-state index contributed by atoms with van der Waals surface area (Å²) in [4.78, 5) is 49.0. The monoisotopic (exact) mass is 532 g/mol. The van der Waals surface area contributed by atoms with Crippen molar-refractivity contribution < 1.29 is 14.4 Å². The number of fused-ring (bicyclic) bond motifs is 1. The number of aryl methyl sites for hydroxylation is 1.